The van der Waals surface area contributed by atoms with E-state index in [0.717, 1.165) is 30.7 Å². The van der Waals surface area contributed by atoms with E-state index in [0.29, 0.717) is 6.04 Å². The molecule has 0 spiro atoms. The predicted octanol–water partition coefficient (Wildman–Crippen LogP) is 4.14. The van der Waals surface area contributed by atoms with Crippen molar-refractivity contribution in [1.82, 2.24) is 0 Å². The van der Waals surface area contributed by atoms with Crippen LogP contribution < -0.4 is 0 Å². The minimum Gasteiger partial charge on any atom is -0.298 e. The van der Waals surface area contributed by atoms with Gasteiger partial charge in [-0.15, -0.1) is 0 Å². The molecule has 0 saturated heterocycles. The fourth-order valence-corrected chi connectivity index (χ4v) is 1.88. The molecule has 0 saturated carbocycles. The number of hydrogen-bond donors (Lipinski definition) is 0. The van der Waals surface area contributed by atoms with E-state index in [1.165, 1.54) is 5.56 Å². The van der Waals surface area contributed by atoms with Crippen LogP contribution in [0.2, 0.25) is 5.02 Å². The average molecular weight is 224 g/mol. The van der Waals surface area contributed by atoms with Gasteiger partial charge in [0.05, 0.1) is 0 Å². The molecule has 15 heavy (non-hydrogen) atoms. The SMILES string of the molecule is C=NC(CC)CCCc1ccccc1Cl. The second kappa shape index (κ2) is 6.62. The first kappa shape index (κ1) is 12.3. The van der Waals surface area contributed by atoms with Gasteiger partial charge in [-0.25, -0.2) is 0 Å². The zero-order valence-corrected chi connectivity index (χ0v) is 10.0. The fourth-order valence-electron chi connectivity index (χ4n) is 1.65. The average Bonchev–Trinajstić information content (AvgIpc) is 2.27. The summed E-state index contributed by atoms with van der Waals surface area (Å²) in [5.74, 6) is 0. The van der Waals surface area contributed by atoms with E-state index in [9.17, 15) is 0 Å². The molecular formula is C13H18ClN. The van der Waals surface area contributed by atoms with E-state index in [1.807, 2.05) is 18.2 Å². The number of aliphatic imine (C=N–C) groups is 1. The summed E-state index contributed by atoms with van der Waals surface area (Å²) < 4.78 is 0. The van der Waals surface area contributed by atoms with Crippen LogP contribution in [0, 0.1) is 0 Å². The second-order valence-corrected chi connectivity index (χ2v) is 4.14. The number of halogens is 1. The van der Waals surface area contributed by atoms with E-state index in [4.69, 9.17) is 11.6 Å². The molecule has 1 rings (SSSR count). The van der Waals surface area contributed by atoms with Crippen LogP contribution in [0.5, 0.6) is 0 Å². The number of benzene rings is 1. The third-order valence-electron chi connectivity index (χ3n) is 2.67. The highest BCUT2D eigenvalue weighted by Gasteiger charge is 2.03. The molecule has 1 aromatic carbocycles. The molecule has 0 amide bonds. The van der Waals surface area contributed by atoms with Gasteiger partial charge in [0.25, 0.3) is 0 Å². The summed E-state index contributed by atoms with van der Waals surface area (Å²) in [7, 11) is 0. The van der Waals surface area contributed by atoms with Gasteiger partial charge in [0.15, 0.2) is 0 Å². The monoisotopic (exact) mass is 223 g/mol. The summed E-state index contributed by atoms with van der Waals surface area (Å²) in [5.41, 5.74) is 1.23. The van der Waals surface area contributed by atoms with Crippen molar-refractivity contribution in [3.05, 3.63) is 34.9 Å². The lowest BCUT2D eigenvalue weighted by Crippen LogP contribution is -2.02. The standard InChI is InChI=1S/C13H18ClN/c1-3-12(15-2)9-6-8-11-7-4-5-10-13(11)14/h4-5,7,10,12H,2-3,6,8-9H2,1H3. The topological polar surface area (TPSA) is 12.4 Å². The van der Waals surface area contributed by atoms with Crippen LogP contribution in [0.3, 0.4) is 0 Å². The molecule has 0 aliphatic carbocycles. The zero-order chi connectivity index (χ0) is 11.1. The molecule has 1 unspecified atom stereocenters. The summed E-state index contributed by atoms with van der Waals surface area (Å²) in [6, 6.07) is 8.44. The largest absolute Gasteiger partial charge is 0.298 e. The Morgan fingerprint density at radius 2 is 2.13 bits per heavy atom. The quantitative estimate of drug-likeness (QED) is 0.643. The van der Waals surface area contributed by atoms with E-state index >= 15 is 0 Å². The van der Waals surface area contributed by atoms with Gasteiger partial charge < -0.3 is 0 Å². The number of rotatable bonds is 6. The molecule has 1 nitrogen and oxygen atoms in total. The van der Waals surface area contributed by atoms with Gasteiger partial charge in [0, 0.05) is 11.1 Å². The summed E-state index contributed by atoms with van der Waals surface area (Å²) in [4.78, 5) is 4.08. The van der Waals surface area contributed by atoms with Crippen molar-refractivity contribution in [3.63, 3.8) is 0 Å². The molecular weight excluding hydrogens is 206 g/mol. The van der Waals surface area contributed by atoms with Crippen molar-refractivity contribution in [2.75, 3.05) is 0 Å². The summed E-state index contributed by atoms with van der Waals surface area (Å²) >= 11 is 6.07. The van der Waals surface area contributed by atoms with E-state index in [2.05, 4.69) is 24.7 Å². The van der Waals surface area contributed by atoms with Crippen molar-refractivity contribution >= 4 is 18.3 Å². The van der Waals surface area contributed by atoms with Crippen LogP contribution in [-0.4, -0.2) is 12.8 Å². The van der Waals surface area contributed by atoms with Gasteiger partial charge >= 0.3 is 0 Å². The van der Waals surface area contributed by atoms with Crippen LogP contribution in [0.1, 0.15) is 31.7 Å². The maximum absolute atomic E-state index is 6.07. The van der Waals surface area contributed by atoms with Gasteiger partial charge in [-0.2, -0.15) is 0 Å². The van der Waals surface area contributed by atoms with Crippen LogP contribution in [0.4, 0.5) is 0 Å². The maximum atomic E-state index is 6.07. The van der Waals surface area contributed by atoms with Crippen molar-refractivity contribution in [2.45, 2.75) is 38.6 Å². The third-order valence-corrected chi connectivity index (χ3v) is 3.04. The Bertz CT molecular complexity index is 309. The van der Waals surface area contributed by atoms with Gasteiger partial charge in [0.2, 0.25) is 0 Å². The molecule has 0 aromatic heterocycles. The number of nitrogens with zero attached hydrogens (tertiary/aromatic N) is 1. The highest BCUT2D eigenvalue weighted by molar-refractivity contribution is 6.31. The molecule has 1 aromatic rings. The molecule has 0 aliphatic heterocycles. The third kappa shape index (κ3) is 4.05. The Balaban J connectivity index is 2.37. The van der Waals surface area contributed by atoms with Gasteiger partial charge in [-0.1, -0.05) is 36.7 Å². The second-order valence-electron chi connectivity index (χ2n) is 3.73. The van der Waals surface area contributed by atoms with E-state index < -0.39 is 0 Å². The molecule has 0 bridgehead atoms. The highest BCUT2D eigenvalue weighted by Crippen LogP contribution is 2.18. The molecule has 0 N–H and O–H groups in total. The molecule has 2 heteroatoms. The van der Waals surface area contributed by atoms with Crippen LogP contribution in [0.15, 0.2) is 29.3 Å². The Labute approximate surface area is 97.2 Å². The van der Waals surface area contributed by atoms with Crippen LogP contribution in [-0.2, 0) is 6.42 Å². The normalized spacial score (nSPS) is 12.4. The van der Waals surface area contributed by atoms with Crippen molar-refractivity contribution in [1.29, 1.82) is 0 Å². The van der Waals surface area contributed by atoms with Crippen LogP contribution >= 0.6 is 11.6 Å². The first-order chi connectivity index (χ1) is 7.27. The molecule has 1 atom stereocenters. The molecule has 0 aliphatic rings. The first-order valence-corrected chi connectivity index (χ1v) is 5.85. The van der Waals surface area contributed by atoms with Crippen molar-refractivity contribution in [3.8, 4) is 0 Å². The minimum atomic E-state index is 0.410. The lowest BCUT2D eigenvalue weighted by molar-refractivity contribution is 0.573. The number of aryl methyl sites for hydroxylation is 1. The highest BCUT2D eigenvalue weighted by atomic mass is 35.5. The molecule has 0 heterocycles. The lowest BCUT2D eigenvalue weighted by Gasteiger charge is -2.09. The smallest absolute Gasteiger partial charge is 0.0490 e. The minimum absolute atomic E-state index is 0.410. The van der Waals surface area contributed by atoms with Gasteiger partial charge in [-0.05, 0) is 44.0 Å². The maximum Gasteiger partial charge on any atom is 0.0490 e. The van der Waals surface area contributed by atoms with Crippen molar-refractivity contribution in [2.24, 2.45) is 4.99 Å². The first-order valence-electron chi connectivity index (χ1n) is 5.47. The Kier molecular flexibility index (Phi) is 5.41. The summed E-state index contributed by atoms with van der Waals surface area (Å²) in [6.07, 6.45) is 4.34. The lowest BCUT2D eigenvalue weighted by atomic mass is 10.0. The Morgan fingerprint density at radius 3 is 2.73 bits per heavy atom. The van der Waals surface area contributed by atoms with Gasteiger partial charge in [0.1, 0.15) is 0 Å². The Morgan fingerprint density at radius 1 is 1.40 bits per heavy atom. The van der Waals surface area contributed by atoms with Gasteiger partial charge in [-0.3, -0.25) is 4.99 Å². The summed E-state index contributed by atoms with van der Waals surface area (Å²) in [6.45, 7) is 5.75. The molecule has 0 radical (unpaired) electrons. The zero-order valence-electron chi connectivity index (χ0n) is 9.25. The summed E-state index contributed by atoms with van der Waals surface area (Å²) in [5, 5.41) is 0.872. The van der Waals surface area contributed by atoms with E-state index in [1.54, 1.807) is 0 Å². The predicted molar refractivity (Wildman–Crippen MR) is 68.0 cm³/mol. The number of hydrogen-bond acceptors (Lipinski definition) is 1. The van der Waals surface area contributed by atoms with E-state index in [-0.39, 0.29) is 0 Å². The fraction of sp³-hybridized carbons (Fsp3) is 0.462. The van der Waals surface area contributed by atoms with Crippen molar-refractivity contribution < 1.29 is 0 Å². The Hall–Kier alpha value is -0.820. The molecule has 82 valence electrons. The van der Waals surface area contributed by atoms with Crippen LogP contribution in [0.25, 0.3) is 0 Å². The molecule has 0 fully saturated rings.